The SMILES string of the molecule is COC(COCC(SC(C)(C)C)SC(C)(C)C)OC. The molecule has 19 heavy (non-hydrogen) atoms. The third-order valence-corrected chi connectivity index (χ3v) is 4.79. The van der Waals surface area contributed by atoms with E-state index in [2.05, 4.69) is 41.5 Å². The van der Waals surface area contributed by atoms with Crippen molar-refractivity contribution >= 4 is 23.5 Å². The zero-order valence-electron chi connectivity index (χ0n) is 13.6. The second kappa shape index (κ2) is 8.78. The lowest BCUT2D eigenvalue weighted by Gasteiger charge is -2.30. The Balaban J connectivity index is 4.27. The van der Waals surface area contributed by atoms with Crippen LogP contribution in [0.25, 0.3) is 0 Å². The van der Waals surface area contributed by atoms with E-state index in [4.69, 9.17) is 14.2 Å². The van der Waals surface area contributed by atoms with Gasteiger partial charge in [-0.1, -0.05) is 41.5 Å². The summed E-state index contributed by atoms with van der Waals surface area (Å²) in [5.41, 5.74) is 0. The smallest absolute Gasteiger partial charge is 0.180 e. The molecule has 3 nitrogen and oxygen atoms in total. The van der Waals surface area contributed by atoms with Gasteiger partial charge in [0.05, 0.1) is 17.8 Å². The molecule has 0 amide bonds. The molecule has 0 rings (SSSR count). The van der Waals surface area contributed by atoms with Crippen molar-refractivity contribution in [2.24, 2.45) is 0 Å². The number of thioether (sulfide) groups is 2. The van der Waals surface area contributed by atoms with Crippen LogP contribution in [0.4, 0.5) is 0 Å². The van der Waals surface area contributed by atoms with Crippen molar-refractivity contribution < 1.29 is 14.2 Å². The molecule has 0 bridgehead atoms. The Morgan fingerprint density at radius 2 is 1.21 bits per heavy atom. The predicted molar refractivity (Wildman–Crippen MR) is 87.1 cm³/mol. The molecule has 5 heteroatoms. The molecule has 0 fully saturated rings. The van der Waals surface area contributed by atoms with Gasteiger partial charge in [-0.05, 0) is 0 Å². The normalized spacial score (nSPS) is 13.6. The second-order valence-electron chi connectivity index (χ2n) is 6.33. The van der Waals surface area contributed by atoms with E-state index in [9.17, 15) is 0 Å². The van der Waals surface area contributed by atoms with Gasteiger partial charge in [-0.3, -0.25) is 0 Å². The first kappa shape index (κ1) is 19.6. The van der Waals surface area contributed by atoms with Gasteiger partial charge in [-0.2, -0.15) is 0 Å². The summed E-state index contributed by atoms with van der Waals surface area (Å²) in [7, 11) is 3.26. The molecule has 0 aliphatic heterocycles. The van der Waals surface area contributed by atoms with Gasteiger partial charge in [0.2, 0.25) is 0 Å². The topological polar surface area (TPSA) is 27.7 Å². The minimum atomic E-state index is -0.278. The molecule has 0 saturated heterocycles. The molecular weight excluding hydrogens is 280 g/mol. The summed E-state index contributed by atoms with van der Waals surface area (Å²) in [6.07, 6.45) is -0.278. The third kappa shape index (κ3) is 12.1. The van der Waals surface area contributed by atoms with E-state index >= 15 is 0 Å². The van der Waals surface area contributed by atoms with Crippen LogP contribution in [0.3, 0.4) is 0 Å². The molecule has 0 saturated carbocycles. The summed E-state index contributed by atoms with van der Waals surface area (Å²) in [6, 6.07) is 0. The number of hydrogen-bond donors (Lipinski definition) is 0. The van der Waals surface area contributed by atoms with Crippen molar-refractivity contribution in [1.82, 2.24) is 0 Å². The quantitative estimate of drug-likeness (QED) is 0.632. The Bertz CT molecular complexity index is 214. The van der Waals surface area contributed by atoms with Crippen molar-refractivity contribution in [3.8, 4) is 0 Å². The second-order valence-corrected chi connectivity index (χ2v) is 10.7. The Labute approximate surface area is 127 Å². The Hall–Kier alpha value is 0.580. The Morgan fingerprint density at radius 1 is 0.789 bits per heavy atom. The van der Waals surface area contributed by atoms with Crippen molar-refractivity contribution in [1.29, 1.82) is 0 Å². The molecule has 0 N–H and O–H groups in total. The molecule has 116 valence electrons. The van der Waals surface area contributed by atoms with Crippen LogP contribution >= 0.6 is 23.5 Å². The van der Waals surface area contributed by atoms with Crippen LogP contribution in [0.15, 0.2) is 0 Å². The minimum absolute atomic E-state index is 0.230. The predicted octanol–water partition coefficient (Wildman–Crippen LogP) is 4.01. The lowest BCUT2D eigenvalue weighted by Crippen LogP contribution is -2.26. The van der Waals surface area contributed by atoms with E-state index in [1.165, 1.54) is 0 Å². The molecule has 0 unspecified atom stereocenters. The van der Waals surface area contributed by atoms with E-state index in [0.717, 1.165) is 0 Å². The van der Waals surface area contributed by atoms with Gasteiger partial charge < -0.3 is 14.2 Å². The fourth-order valence-corrected chi connectivity index (χ4v) is 5.20. The maximum atomic E-state index is 5.74. The summed E-state index contributed by atoms with van der Waals surface area (Å²) >= 11 is 3.90. The maximum absolute atomic E-state index is 5.74. The maximum Gasteiger partial charge on any atom is 0.180 e. The summed E-state index contributed by atoms with van der Waals surface area (Å²) < 4.78 is 16.9. The van der Waals surface area contributed by atoms with Gasteiger partial charge in [0, 0.05) is 23.7 Å². The number of rotatable bonds is 8. The monoisotopic (exact) mass is 310 g/mol. The van der Waals surface area contributed by atoms with E-state index < -0.39 is 0 Å². The van der Waals surface area contributed by atoms with Crippen LogP contribution in [-0.4, -0.2) is 47.8 Å². The molecule has 0 spiro atoms. The summed E-state index contributed by atoms with van der Waals surface area (Å²) in [5, 5.41) is 0. The van der Waals surface area contributed by atoms with Crippen molar-refractivity contribution in [2.45, 2.75) is 61.9 Å². The molecular formula is C14H30O3S2. The van der Waals surface area contributed by atoms with Gasteiger partial charge in [-0.15, -0.1) is 23.5 Å². The van der Waals surface area contributed by atoms with Crippen LogP contribution in [0.2, 0.25) is 0 Å². The van der Waals surface area contributed by atoms with Crippen LogP contribution in [0.5, 0.6) is 0 Å². The van der Waals surface area contributed by atoms with Crippen molar-refractivity contribution in [3.05, 3.63) is 0 Å². The average molecular weight is 311 g/mol. The highest BCUT2D eigenvalue weighted by molar-refractivity contribution is 8.18. The molecule has 0 aliphatic rings. The highest BCUT2D eigenvalue weighted by Gasteiger charge is 2.25. The lowest BCUT2D eigenvalue weighted by molar-refractivity contribution is -0.139. The zero-order chi connectivity index (χ0) is 15.1. The standard InChI is InChI=1S/C14H30O3S2/c1-13(2,3)18-12(19-14(4,5)6)10-17-9-11(15-7)16-8/h11-12H,9-10H2,1-8H3. The molecule has 0 radical (unpaired) electrons. The molecule has 0 aliphatic carbocycles. The molecule has 0 aromatic heterocycles. The first-order chi connectivity index (χ1) is 8.57. The largest absolute Gasteiger partial charge is 0.374 e. The Kier molecular flexibility index (Phi) is 9.04. The summed E-state index contributed by atoms with van der Waals surface area (Å²) in [5.74, 6) is 0. The average Bonchev–Trinajstić information content (AvgIpc) is 2.19. The van der Waals surface area contributed by atoms with E-state index in [1.807, 2.05) is 23.5 Å². The fraction of sp³-hybridized carbons (Fsp3) is 1.00. The first-order valence-electron chi connectivity index (χ1n) is 6.56. The van der Waals surface area contributed by atoms with E-state index in [0.29, 0.717) is 17.8 Å². The highest BCUT2D eigenvalue weighted by atomic mass is 32.2. The third-order valence-electron chi connectivity index (χ3n) is 2.00. The Morgan fingerprint density at radius 3 is 1.53 bits per heavy atom. The van der Waals surface area contributed by atoms with Crippen LogP contribution < -0.4 is 0 Å². The van der Waals surface area contributed by atoms with E-state index in [-0.39, 0.29) is 15.8 Å². The first-order valence-corrected chi connectivity index (χ1v) is 8.32. The highest BCUT2D eigenvalue weighted by Crippen LogP contribution is 2.40. The summed E-state index contributed by atoms with van der Waals surface area (Å²) in [6.45, 7) is 14.6. The fourth-order valence-electron chi connectivity index (χ4n) is 1.37. The minimum Gasteiger partial charge on any atom is -0.374 e. The van der Waals surface area contributed by atoms with Crippen LogP contribution in [0.1, 0.15) is 41.5 Å². The summed E-state index contributed by atoms with van der Waals surface area (Å²) in [4.78, 5) is 0. The van der Waals surface area contributed by atoms with Gasteiger partial charge >= 0.3 is 0 Å². The van der Waals surface area contributed by atoms with Crippen LogP contribution in [0, 0.1) is 0 Å². The molecule has 0 aromatic rings. The number of hydrogen-bond acceptors (Lipinski definition) is 5. The number of methoxy groups -OCH3 is 2. The van der Waals surface area contributed by atoms with Gasteiger partial charge in [0.1, 0.15) is 0 Å². The van der Waals surface area contributed by atoms with Crippen molar-refractivity contribution in [3.63, 3.8) is 0 Å². The zero-order valence-corrected chi connectivity index (χ0v) is 15.2. The van der Waals surface area contributed by atoms with E-state index in [1.54, 1.807) is 14.2 Å². The van der Waals surface area contributed by atoms with Gasteiger partial charge in [-0.25, -0.2) is 0 Å². The van der Waals surface area contributed by atoms with Crippen LogP contribution in [-0.2, 0) is 14.2 Å². The molecule has 0 atom stereocenters. The lowest BCUT2D eigenvalue weighted by atomic mass is 10.3. The molecule has 0 aromatic carbocycles. The van der Waals surface area contributed by atoms with Gasteiger partial charge in [0.25, 0.3) is 0 Å². The molecule has 0 heterocycles. The van der Waals surface area contributed by atoms with Gasteiger partial charge in [0.15, 0.2) is 6.29 Å². The van der Waals surface area contributed by atoms with Crippen molar-refractivity contribution in [2.75, 3.05) is 27.4 Å². The number of ether oxygens (including phenoxy) is 3.